The molecule has 0 aromatic heterocycles. The quantitative estimate of drug-likeness (QED) is 0.849. The number of rotatable bonds is 4. The van der Waals surface area contributed by atoms with Gasteiger partial charge in [0.2, 0.25) is 0 Å². The lowest BCUT2D eigenvalue weighted by Crippen LogP contribution is -2.36. The average Bonchev–Trinajstić information content (AvgIpc) is 3.08. The van der Waals surface area contributed by atoms with Crippen LogP contribution in [0.4, 0.5) is 4.79 Å². The van der Waals surface area contributed by atoms with Crippen molar-refractivity contribution in [3.63, 3.8) is 0 Å². The number of amides is 1. The van der Waals surface area contributed by atoms with E-state index < -0.39 is 18.0 Å². The summed E-state index contributed by atoms with van der Waals surface area (Å²) in [5, 5.41) is 2.64. The van der Waals surface area contributed by atoms with Gasteiger partial charge in [-0.2, -0.15) is 0 Å². The topological polar surface area (TPSA) is 38.3 Å². The van der Waals surface area contributed by atoms with E-state index in [-0.39, 0.29) is 6.61 Å². The molecule has 0 heterocycles. The Bertz CT molecular complexity index is 424. The number of ether oxygens (including phenoxy) is 1. The lowest BCUT2D eigenvalue weighted by molar-refractivity contribution is 0.134. The first-order valence-corrected chi connectivity index (χ1v) is 5.42. The summed E-state index contributed by atoms with van der Waals surface area (Å²) in [4.78, 5) is 11.6. The molecule has 0 unspecified atom stereocenters. The average molecular weight is 221 g/mol. The molecule has 1 aromatic carbocycles. The summed E-state index contributed by atoms with van der Waals surface area (Å²) < 4.78 is 20.4. The maximum Gasteiger partial charge on any atom is 0.407 e. The van der Waals surface area contributed by atoms with Crippen molar-refractivity contribution in [3.8, 4) is 0 Å². The van der Waals surface area contributed by atoms with Crippen molar-refractivity contribution in [3.05, 3.63) is 35.9 Å². The fourth-order valence-electron chi connectivity index (χ4n) is 1.52. The number of nitrogens with one attached hydrogen (secondary N) is 1. The van der Waals surface area contributed by atoms with E-state index in [1.807, 2.05) is 30.3 Å². The standard InChI is InChI=1S/C13H17NO2/c1-2-13(8-9-13)14-12(15)16-10-11-6-4-3-5-7-11/h3-7H,2,8-10H2,1H3,(H,14,15)/i2D2. The number of hydrogen-bond donors (Lipinski definition) is 1. The molecule has 1 N–H and O–H groups in total. The molecule has 1 aromatic rings. The predicted molar refractivity (Wildman–Crippen MR) is 62.0 cm³/mol. The molecule has 16 heavy (non-hydrogen) atoms. The van der Waals surface area contributed by atoms with Crippen LogP contribution in [-0.2, 0) is 11.3 Å². The van der Waals surface area contributed by atoms with E-state index >= 15 is 0 Å². The van der Waals surface area contributed by atoms with Crippen LogP contribution in [0.3, 0.4) is 0 Å². The van der Waals surface area contributed by atoms with Crippen LogP contribution in [0.25, 0.3) is 0 Å². The van der Waals surface area contributed by atoms with Crippen LogP contribution in [0.5, 0.6) is 0 Å². The van der Waals surface area contributed by atoms with Crippen LogP contribution in [0, 0.1) is 0 Å². The summed E-state index contributed by atoms with van der Waals surface area (Å²) in [6, 6.07) is 9.40. The molecule has 1 fully saturated rings. The molecular formula is C13H17NO2. The van der Waals surface area contributed by atoms with Crippen molar-refractivity contribution in [2.75, 3.05) is 0 Å². The van der Waals surface area contributed by atoms with Crippen LogP contribution in [0.2, 0.25) is 0 Å². The molecule has 0 saturated heterocycles. The maximum absolute atomic E-state index is 11.6. The summed E-state index contributed by atoms with van der Waals surface area (Å²) in [6.07, 6.45) is -0.644. The van der Waals surface area contributed by atoms with Gasteiger partial charge in [-0.25, -0.2) is 4.79 Å². The smallest absolute Gasteiger partial charge is 0.407 e. The van der Waals surface area contributed by atoms with Crippen molar-refractivity contribution in [2.45, 2.75) is 38.3 Å². The zero-order valence-electron chi connectivity index (χ0n) is 11.3. The fraction of sp³-hybridized carbons (Fsp3) is 0.462. The predicted octanol–water partition coefficient (Wildman–Crippen LogP) is 2.86. The highest BCUT2D eigenvalue weighted by Gasteiger charge is 2.42. The molecule has 0 radical (unpaired) electrons. The van der Waals surface area contributed by atoms with Gasteiger partial charge in [0.1, 0.15) is 6.61 Å². The second kappa shape index (κ2) is 4.56. The zero-order valence-corrected chi connectivity index (χ0v) is 9.32. The van der Waals surface area contributed by atoms with Crippen LogP contribution in [0.15, 0.2) is 30.3 Å². The molecule has 0 bridgehead atoms. The molecule has 86 valence electrons. The van der Waals surface area contributed by atoms with Gasteiger partial charge in [-0.05, 0) is 24.8 Å². The van der Waals surface area contributed by atoms with E-state index in [2.05, 4.69) is 5.32 Å². The number of carbonyl (C=O) groups is 1. The first-order chi connectivity index (χ1) is 8.43. The summed E-state index contributed by atoms with van der Waals surface area (Å²) in [6.45, 7) is 1.69. The van der Waals surface area contributed by atoms with Crippen LogP contribution >= 0.6 is 0 Å². The Labute approximate surface area is 98.6 Å². The molecule has 0 spiro atoms. The van der Waals surface area contributed by atoms with Gasteiger partial charge in [0.25, 0.3) is 0 Å². The van der Waals surface area contributed by atoms with E-state index in [1.54, 1.807) is 0 Å². The molecule has 3 nitrogen and oxygen atoms in total. The Balaban J connectivity index is 1.84. The van der Waals surface area contributed by atoms with Gasteiger partial charge < -0.3 is 10.1 Å². The van der Waals surface area contributed by atoms with Crippen LogP contribution in [-0.4, -0.2) is 11.6 Å². The van der Waals surface area contributed by atoms with Gasteiger partial charge in [0, 0.05) is 8.28 Å². The molecule has 2 rings (SSSR count). The minimum absolute atomic E-state index is 0.204. The molecule has 1 amide bonds. The van der Waals surface area contributed by atoms with Gasteiger partial charge in [0.15, 0.2) is 0 Å². The Hall–Kier alpha value is -1.51. The third-order valence-electron chi connectivity index (χ3n) is 2.78. The van der Waals surface area contributed by atoms with Gasteiger partial charge in [0.05, 0.1) is 0 Å². The molecular weight excluding hydrogens is 202 g/mol. The largest absolute Gasteiger partial charge is 0.445 e. The monoisotopic (exact) mass is 221 g/mol. The lowest BCUT2D eigenvalue weighted by atomic mass is 10.2. The Kier molecular flexibility index (Phi) is 2.46. The highest BCUT2D eigenvalue weighted by molar-refractivity contribution is 5.68. The number of carbonyl (C=O) groups excluding carboxylic acids is 1. The summed E-state index contributed by atoms with van der Waals surface area (Å²) in [5.74, 6) is 0. The molecule has 0 atom stereocenters. The van der Waals surface area contributed by atoms with Crippen molar-refractivity contribution in [2.24, 2.45) is 0 Å². The second-order valence-corrected chi connectivity index (χ2v) is 4.02. The summed E-state index contributed by atoms with van der Waals surface area (Å²) in [7, 11) is 0. The minimum Gasteiger partial charge on any atom is -0.445 e. The number of hydrogen-bond acceptors (Lipinski definition) is 2. The number of alkyl carbamates (subject to hydrolysis) is 1. The molecule has 1 aliphatic carbocycles. The first-order valence-electron chi connectivity index (χ1n) is 6.42. The minimum atomic E-state index is -1.42. The van der Waals surface area contributed by atoms with Gasteiger partial charge >= 0.3 is 6.09 Å². The van der Waals surface area contributed by atoms with Crippen molar-refractivity contribution >= 4 is 6.09 Å². The zero-order chi connectivity index (χ0) is 13.2. The highest BCUT2D eigenvalue weighted by atomic mass is 16.5. The number of benzene rings is 1. The first kappa shape index (κ1) is 8.62. The van der Waals surface area contributed by atoms with Gasteiger partial charge in [-0.1, -0.05) is 37.3 Å². The molecule has 3 heteroatoms. The van der Waals surface area contributed by atoms with E-state index in [4.69, 9.17) is 7.48 Å². The SMILES string of the molecule is [2H]C([2H])(C)C1(NC(=O)OCc2ccccc2)CC1. The summed E-state index contributed by atoms with van der Waals surface area (Å²) in [5.41, 5.74) is 0.179. The van der Waals surface area contributed by atoms with Crippen molar-refractivity contribution in [1.29, 1.82) is 0 Å². The Morgan fingerprint density at radius 3 is 2.75 bits per heavy atom. The fourth-order valence-corrected chi connectivity index (χ4v) is 1.52. The lowest BCUT2D eigenvalue weighted by Gasteiger charge is -2.14. The Morgan fingerprint density at radius 1 is 1.50 bits per heavy atom. The van der Waals surface area contributed by atoms with Crippen LogP contribution in [0.1, 0.15) is 34.4 Å². The molecule has 1 saturated carbocycles. The second-order valence-electron chi connectivity index (χ2n) is 4.02. The van der Waals surface area contributed by atoms with Gasteiger partial charge in [-0.3, -0.25) is 0 Å². The van der Waals surface area contributed by atoms with E-state index in [0.717, 1.165) is 5.56 Å². The third kappa shape index (κ3) is 2.75. The van der Waals surface area contributed by atoms with Crippen molar-refractivity contribution < 1.29 is 12.3 Å². The van der Waals surface area contributed by atoms with E-state index in [1.165, 1.54) is 6.92 Å². The Morgan fingerprint density at radius 2 is 2.19 bits per heavy atom. The highest BCUT2D eigenvalue weighted by Crippen LogP contribution is 2.38. The third-order valence-corrected chi connectivity index (χ3v) is 2.78. The normalized spacial score (nSPS) is 19.3. The van der Waals surface area contributed by atoms with E-state index in [0.29, 0.717) is 12.8 Å². The molecule has 1 aliphatic rings. The maximum atomic E-state index is 11.6. The van der Waals surface area contributed by atoms with Crippen molar-refractivity contribution in [1.82, 2.24) is 5.32 Å². The van der Waals surface area contributed by atoms with E-state index in [9.17, 15) is 4.79 Å². The molecule has 0 aliphatic heterocycles. The van der Waals surface area contributed by atoms with Gasteiger partial charge in [-0.15, -0.1) is 0 Å². The summed E-state index contributed by atoms with van der Waals surface area (Å²) >= 11 is 0. The van der Waals surface area contributed by atoms with Crippen LogP contribution < -0.4 is 5.32 Å².